The van der Waals surface area contributed by atoms with Crippen molar-refractivity contribution in [2.75, 3.05) is 7.11 Å². The Balaban J connectivity index is 0.00000161. The summed E-state index contributed by atoms with van der Waals surface area (Å²) in [5.74, 6) is 0.916. The van der Waals surface area contributed by atoms with Crippen LogP contribution in [-0.4, -0.2) is 23.9 Å². The third-order valence-electron chi connectivity index (χ3n) is 4.02. The fourth-order valence-corrected chi connectivity index (χ4v) is 2.86. The maximum absolute atomic E-state index is 5.33. The monoisotopic (exact) mass is 345 g/mol. The van der Waals surface area contributed by atoms with Gasteiger partial charge in [0.25, 0.3) is 0 Å². The topological polar surface area (TPSA) is 12.2 Å². The lowest BCUT2D eigenvalue weighted by atomic mass is 9.96. The van der Waals surface area contributed by atoms with Crippen LogP contribution < -0.4 is 21.7 Å². The van der Waals surface area contributed by atoms with Crippen LogP contribution in [0.25, 0.3) is 0 Å². The Kier molecular flexibility index (Phi) is 4.84. The molecule has 0 fully saturated rings. The number of hydrogen-bond donors (Lipinski definition) is 0. The number of fused-ring (bicyclic) bond motifs is 1. The summed E-state index contributed by atoms with van der Waals surface area (Å²) < 4.78 is 7.71. The van der Waals surface area contributed by atoms with E-state index in [0.717, 1.165) is 12.2 Å². The Bertz CT molecular complexity index is 679. The number of para-hydroxylation sites is 1. The SMILES string of the molecule is COc1ccc2c(c1)C=[N+](c1ccccc1C)C(C)C2.[Br-]. The van der Waals surface area contributed by atoms with Gasteiger partial charge >= 0.3 is 0 Å². The van der Waals surface area contributed by atoms with Crippen molar-refractivity contribution in [2.45, 2.75) is 26.3 Å². The van der Waals surface area contributed by atoms with Gasteiger partial charge in [0.05, 0.1) is 7.11 Å². The molecule has 21 heavy (non-hydrogen) atoms. The Labute approximate surface area is 136 Å². The molecule has 0 aromatic heterocycles. The van der Waals surface area contributed by atoms with E-state index in [1.807, 2.05) is 6.07 Å². The van der Waals surface area contributed by atoms with Crippen LogP contribution in [0.5, 0.6) is 5.75 Å². The number of halogens is 1. The molecule has 0 spiro atoms. The van der Waals surface area contributed by atoms with Crippen molar-refractivity contribution < 1.29 is 26.3 Å². The molecule has 110 valence electrons. The lowest BCUT2D eigenvalue weighted by Crippen LogP contribution is -3.00. The van der Waals surface area contributed by atoms with E-state index in [-0.39, 0.29) is 17.0 Å². The predicted molar refractivity (Wildman–Crippen MR) is 82.4 cm³/mol. The van der Waals surface area contributed by atoms with Gasteiger partial charge in [-0.25, -0.2) is 0 Å². The molecular weight excluding hydrogens is 326 g/mol. The molecule has 0 N–H and O–H groups in total. The lowest BCUT2D eigenvalue weighted by molar-refractivity contribution is -0.477. The fraction of sp³-hybridized carbons (Fsp3) is 0.278. The summed E-state index contributed by atoms with van der Waals surface area (Å²) >= 11 is 0. The molecule has 1 atom stereocenters. The summed E-state index contributed by atoms with van der Waals surface area (Å²) in [6.07, 6.45) is 3.30. The van der Waals surface area contributed by atoms with Crippen LogP contribution in [0.4, 0.5) is 5.69 Å². The highest BCUT2D eigenvalue weighted by molar-refractivity contribution is 5.80. The van der Waals surface area contributed by atoms with E-state index in [9.17, 15) is 0 Å². The molecule has 0 amide bonds. The molecule has 2 nitrogen and oxygen atoms in total. The molecule has 1 unspecified atom stereocenters. The van der Waals surface area contributed by atoms with Crippen molar-refractivity contribution in [3.8, 4) is 5.75 Å². The summed E-state index contributed by atoms with van der Waals surface area (Å²) in [5, 5.41) is 0. The van der Waals surface area contributed by atoms with Gasteiger partial charge in [-0.1, -0.05) is 24.3 Å². The van der Waals surface area contributed by atoms with E-state index in [1.54, 1.807) is 7.11 Å². The zero-order valence-electron chi connectivity index (χ0n) is 12.6. The van der Waals surface area contributed by atoms with Gasteiger partial charge in [0, 0.05) is 23.6 Å². The quantitative estimate of drug-likeness (QED) is 0.730. The van der Waals surface area contributed by atoms with Gasteiger partial charge in [-0.15, -0.1) is 0 Å². The average Bonchev–Trinajstić information content (AvgIpc) is 2.47. The van der Waals surface area contributed by atoms with E-state index in [4.69, 9.17) is 4.74 Å². The zero-order chi connectivity index (χ0) is 14.1. The van der Waals surface area contributed by atoms with Gasteiger partial charge in [0.2, 0.25) is 5.69 Å². The summed E-state index contributed by atoms with van der Waals surface area (Å²) in [5.41, 5.74) is 5.24. The molecule has 0 saturated heterocycles. The van der Waals surface area contributed by atoms with E-state index in [0.29, 0.717) is 6.04 Å². The van der Waals surface area contributed by atoms with Crippen LogP contribution in [0.3, 0.4) is 0 Å². The van der Waals surface area contributed by atoms with Crippen LogP contribution in [0.2, 0.25) is 0 Å². The largest absolute Gasteiger partial charge is 1.00 e. The highest BCUT2D eigenvalue weighted by Crippen LogP contribution is 2.27. The van der Waals surface area contributed by atoms with Gasteiger partial charge in [-0.3, -0.25) is 0 Å². The Morgan fingerprint density at radius 2 is 1.90 bits per heavy atom. The first-order chi connectivity index (χ1) is 9.69. The number of ether oxygens (including phenoxy) is 1. The number of benzene rings is 2. The predicted octanol–water partition coefficient (Wildman–Crippen LogP) is 0.715. The number of rotatable bonds is 2. The van der Waals surface area contributed by atoms with Crippen LogP contribution in [0.1, 0.15) is 23.6 Å². The van der Waals surface area contributed by atoms with Crippen molar-refractivity contribution in [1.82, 2.24) is 0 Å². The molecule has 2 aromatic rings. The number of nitrogens with zero attached hydrogens (tertiary/aromatic N) is 1. The molecule has 1 heterocycles. The lowest BCUT2D eigenvalue weighted by Gasteiger charge is -2.19. The van der Waals surface area contributed by atoms with Crippen LogP contribution >= 0.6 is 0 Å². The smallest absolute Gasteiger partial charge is 0.208 e. The second-order valence-electron chi connectivity index (χ2n) is 5.44. The molecule has 0 bridgehead atoms. The summed E-state index contributed by atoms with van der Waals surface area (Å²) in [7, 11) is 1.71. The van der Waals surface area contributed by atoms with Gasteiger partial charge in [-0.2, -0.15) is 4.58 Å². The molecule has 1 aliphatic rings. The van der Waals surface area contributed by atoms with Crippen molar-refractivity contribution >= 4 is 11.9 Å². The molecule has 1 aliphatic heterocycles. The minimum Gasteiger partial charge on any atom is -1.00 e. The Morgan fingerprint density at radius 3 is 2.62 bits per heavy atom. The number of hydrogen-bond acceptors (Lipinski definition) is 1. The first kappa shape index (κ1) is 15.8. The minimum atomic E-state index is 0. The minimum absolute atomic E-state index is 0. The average molecular weight is 346 g/mol. The van der Waals surface area contributed by atoms with Crippen molar-refractivity contribution in [2.24, 2.45) is 0 Å². The highest BCUT2D eigenvalue weighted by Gasteiger charge is 2.26. The van der Waals surface area contributed by atoms with Crippen LogP contribution in [0, 0.1) is 6.92 Å². The van der Waals surface area contributed by atoms with E-state index in [2.05, 4.69) is 61.0 Å². The maximum Gasteiger partial charge on any atom is 0.208 e. The second kappa shape index (κ2) is 6.44. The summed E-state index contributed by atoms with van der Waals surface area (Å²) in [6.45, 7) is 4.44. The van der Waals surface area contributed by atoms with Gasteiger partial charge in [-0.05, 0) is 31.5 Å². The fourth-order valence-electron chi connectivity index (χ4n) is 2.86. The summed E-state index contributed by atoms with van der Waals surface area (Å²) in [4.78, 5) is 0. The Hall–Kier alpha value is -1.61. The molecule has 2 aromatic carbocycles. The van der Waals surface area contributed by atoms with Gasteiger partial charge in [0.1, 0.15) is 5.75 Å². The second-order valence-corrected chi connectivity index (χ2v) is 5.44. The number of aryl methyl sites for hydroxylation is 1. The summed E-state index contributed by atoms with van der Waals surface area (Å²) in [6, 6.07) is 15.3. The molecular formula is C18H20BrNO. The zero-order valence-corrected chi connectivity index (χ0v) is 14.2. The molecule has 3 rings (SSSR count). The maximum atomic E-state index is 5.33. The first-order valence-electron chi connectivity index (χ1n) is 7.05. The van der Waals surface area contributed by atoms with Gasteiger partial charge in [0.15, 0.2) is 12.3 Å². The van der Waals surface area contributed by atoms with E-state index in [1.165, 1.54) is 22.4 Å². The van der Waals surface area contributed by atoms with E-state index < -0.39 is 0 Å². The van der Waals surface area contributed by atoms with Gasteiger partial charge < -0.3 is 21.7 Å². The molecule has 0 radical (unpaired) electrons. The van der Waals surface area contributed by atoms with Crippen molar-refractivity contribution in [3.63, 3.8) is 0 Å². The van der Waals surface area contributed by atoms with E-state index >= 15 is 0 Å². The highest BCUT2D eigenvalue weighted by atomic mass is 79.9. The van der Waals surface area contributed by atoms with Crippen LogP contribution in [-0.2, 0) is 6.42 Å². The molecule has 0 saturated carbocycles. The van der Waals surface area contributed by atoms with Crippen molar-refractivity contribution in [1.29, 1.82) is 0 Å². The number of methoxy groups -OCH3 is 1. The first-order valence-corrected chi connectivity index (χ1v) is 7.05. The third kappa shape index (κ3) is 3.03. The normalized spacial score (nSPS) is 16.5. The Morgan fingerprint density at radius 1 is 1.14 bits per heavy atom. The van der Waals surface area contributed by atoms with Crippen molar-refractivity contribution in [3.05, 3.63) is 59.2 Å². The standard InChI is InChI=1S/C18H20NO.BrH/c1-13-6-4-5-7-18(13)19-12-16-11-17(20-3)9-8-15(16)10-14(19)2;/h4-9,11-12,14H,10H2,1-3H3;1H/q+1;/p-1. The molecule has 3 heteroatoms. The molecule has 0 aliphatic carbocycles. The van der Waals surface area contributed by atoms with Crippen LogP contribution in [0.15, 0.2) is 42.5 Å². The third-order valence-corrected chi connectivity index (χ3v) is 4.02.